The van der Waals surface area contributed by atoms with Gasteiger partial charge in [0.2, 0.25) is 0 Å². The van der Waals surface area contributed by atoms with E-state index < -0.39 is 6.17 Å². The molecule has 0 amide bonds. The lowest BCUT2D eigenvalue weighted by atomic mass is 9.93. The van der Waals surface area contributed by atoms with Gasteiger partial charge in [0.1, 0.15) is 12.0 Å². The fraction of sp³-hybridized carbons (Fsp3) is 0.208. The van der Waals surface area contributed by atoms with E-state index in [2.05, 4.69) is 37.2 Å². The Kier molecular flexibility index (Phi) is 6.74. The molecule has 0 spiro atoms. The minimum Gasteiger partial charge on any atom is -0.504 e. The lowest BCUT2D eigenvalue weighted by Gasteiger charge is -2.31. The Morgan fingerprint density at radius 2 is 1.84 bits per heavy atom. The molecular weight excluding hydrogens is 527 g/mol. The Bertz CT molecular complexity index is 1140. The number of ether oxygens (including phenoxy) is 1. The van der Waals surface area contributed by atoms with Gasteiger partial charge in [-0.25, -0.2) is 4.39 Å². The summed E-state index contributed by atoms with van der Waals surface area (Å²) in [4.78, 5) is 4.84. The van der Waals surface area contributed by atoms with Crippen LogP contribution in [0, 0.1) is 5.82 Å². The summed E-state index contributed by atoms with van der Waals surface area (Å²) in [5, 5.41) is 14.2. The van der Waals surface area contributed by atoms with Gasteiger partial charge in [-0.05, 0) is 48.9 Å². The molecule has 3 aromatic carbocycles. The van der Waals surface area contributed by atoms with Crippen molar-refractivity contribution in [1.29, 1.82) is 0 Å². The molecule has 1 aliphatic rings. The third-order valence-electron chi connectivity index (χ3n) is 5.16. The van der Waals surface area contributed by atoms with Gasteiger partial charge in [0, 0.05) is 38.2 Å². The van der Waals surface area contributed by atoms with Gasteiger partial charge in [-0.2, -0.15) is 0 Å². The van der Waals surface area contributed by atoms with Gasteiger partial charge >= 0.3 is 0 Å². The number of para-hydroxylation sites is 1. The summed E-state index contributed by atoms with van der Waals surface area (Å²) < 4.78 is 22.0. The number of aliphatic imine (C=N–C) groups is 1. The Balaban J connectivity index is 1.80. The molecule has 0 radical (unpaired) electrons. The van der Waals surface area contributed by atoms with Crippen LogP contribution in [0.2, 0.25) is 0 Å². The molecular formula is C24H21Br2FN2O2. The van der Waals surface area contributed by atoms with Crippen LogP contribution in [0.1, 0.15) is 42.2 Å². The normalized spacial score (nSPS) is 18.5. The SMILES string of the molecule is CCOc1cccc(C2CC(c3cccc(Br)c3)=NC(c3cc(Br)ccc3F)N2)c1O. The van der Waals surface area contributed by atoms with Gasteiger partial charge in [-0.15, -0.1) is 0 Å². The fourth-order valence-corrected chi connectivity index (χ4v) is 4.50. The molecule has 7 heteroatoms. The molecule has 2 atom stereocenters. The van der Waals surface area contributed by atoms with E-state index in [1.54, 1.807) is 18.2 Å². The van der Waals surface area contributed by atoms with Crippen LogP contribution in [0.25, 0.3) is 0 Å². The largest absolute Gasteiger partial charge is 0.504 e. The molecule has 4 rings (SSSR count). The van der Waals surface area contributed by atoms with Crippen molar-refractivity contribution in [2.24, 2.45) is 4.99 Å². The van der Waals surface area contributed by atoms with Crippen molar-refractivity contribution >= 4 is 37.6 Å². The van der Waals surface area contributed by atoms with Crippen molar-refractivity contribution in [1.82, 2.24) is 5.32 Å². The zero-order chi connectivity index (χ0) is 22.0. The van der Waals surface area contributed by atoms with Crippen LogP contribution in [-0.2, 0) is 0 Å². The van der Waals surface area contributed by atoms with Crippen molar-refractivity contribution in [2.45, 2.75) is 25.6 Å². The van der Waals surface area contributed by atoms with Crippen LogP contribution in [-0.4, -0.2) is 17.4 Å². The maximum absolute atomic E-state index is 14.7. The van der Waals surface area contributed by atoms with Gasteiger partial charge in [0.05, 0.1) is 6.61 Å². The second kappa shape index (κ2) is 9.51. The van der Waals surface area contributed by atoms with Crippen LogP contribution in [0.5, 0.6) is 11.5 Å². The first kappa shape index (κ1) is 22.0. The highest BCUT2D eigenvalue weighted by Gasteiger charge is 2.30. The summed E-state index contributed by atoms with van der Waals surface area (Å²) in [6.07, 6.45) is -0.0773. The number of hydrogen-bond acceptors (Lipinski definition) is 4. The minimum atomic E-state index is -0.611. The number of nitrogens with zero attached hydrogens (tertiary/aromatic N) is 1. The maximum Gasteiger partial charge on any atom is 0.162 e. The van der Waals surface area contributed by atoms with E-state index in [4.69, 9.17) is 9.73 Å². The van der Waals surface area contributed by atoms with Crippen LogP contribution >= 0.6 is 31.9 Å². The summed E-state index contributed by atoms with van der Waals surface area (Å²) in [6, 6.07) is 17.8. The average Bonchev–Trinajstić information content (AvgIpc) is 2.77. The van der Waals surface area contributed by atoms with E-state index in [1.165, 1.54) is 6.07 Å². The molecule has 0 saturated carbocycles. The second-order valence-electron chi connectivity index (χ2n) is 7.20. The van der Waals surface area contributed by atoms with Gasteiger partial charge in [0.15, 0.2) is 11.5 Å². The molecule has 3 aromatic rings. The van der Waals surface area contributed by atoms with Crippen molar-refractivity contribution in [3.05, 3.63) is 92.1 Å². The Morgan fingerprint density at radius 1 is 1.06 bits per heavy atom. The monoisotopic (exact) mass is 546 g/mol. The van der Waals surface area contributed by atoms with E-state index >= 15 is 0 Å². The molecule has 1 heterocycles. The van der Waals surface area contributed by atoms with Crippen molar-refractivity contribution in [3.63, 3.8) is 0 Å². The quantitative estimate of drug-likeness (QED) is 0.374. The third kappa shape index (κ3) is 4.84. The van der Waals surface area contributed by atoms with E-state index in [0.717, 1.165) is 20.2 Å². The average molecular weight is 548 g/mol. The molecule has 0 bridgehead atoms. The fourth-order valence-electron chi connectivity index (χ4n) is 3.72. The van der Waals surface area contributed by atoms with E-state index in [-0.39, 0.29) is 17.6 Å². The second-order valence-corrected chi connectivity index (χ2v) is 9.04. The molecule has 2 unspecified atom stereocenters. The van der Waals surface area contributed by atoms with E-state index in [9.17, 15) is 9.50 Å². The predicted molar refractivity (Wildman–Crippen MR) is 127 cm³/mol. The zero-order valence-electron chi connectivity index (χ0n) is 16.8. The number of halogens is 3. The summed E-state index contributed by atoms with van der Waals surface area (Å²) in [6.45, 7) is 2.32. The number of aromatic hydroxyl groups is 1. The number of phenolic OH excluding ortho intramolecular Hbond substituents is 1. The smallest absolute Gasteiger partial charge is 0.162 e. The molecule has 2 N–H and O–H groups in total. The first-order valence-electron chi connectivity index (χ1n) is 9.94. The summed E-state index contributed by atoms with van der Waals surface area (Å²) in [5.41, 5.74) is 2.90. The number of phenols is 1. The maximum atomic E-state index is 14.7. The predicted octanol–water partition coefficient (Wildman–Crippen LogP) is 6.68. The molecule has 0 aromatic heterocycles. The van der Waals surface area contributed by atoms with Gasteiger partial charge in [-0.1, -0.05) is 56.1 Å². The van der Waals surface area contributed by atoms with Crippen molar-refractivity contribution in [2.75, 3.05) is 6.61 Å². The summed E-state index contributed by atoms with van der Waals surface area (Å²) in [7, 11) is 0. The van der Waals surface area contributed by atoms with Gasteiger partial charge < -0.3 is 9.84 Å². The molecule has 31 heavy (non-hydrogen) atoms. The molecule has 160 valence electrons. The highest BCUT2D eigenvalue weighted by molar-refractivity contribution is 9.10. The van der Waals surface area contributed by atoms with Crippen LogP contribution in [0.15, 0.2) is 74.6 Å². The molecule has 0 aliphatic carbocycles. The van der Waals surface area contributed by atoms with Crippen molar-refractivity contribution < 1.29 is 14.2 Å². The van der Waals surface area contributed by atoms with E-state index in [0.29, 0.717) is 29.9 Å². The first-order chi connectivity index (χ1) is 15.0. The Hall–Kier alpha value is -2.22. The van der Waals surface area contributed by atoms with Crippen LogP contribution in [0.4, 0.5) is 4.39 Å². The highest BCUT2D eigenvalue weighted by atomic mass is 79.9. The van der Waals surface area contributed by atoms with Crippen molar-refractivity contribution in [3.8, 4) is 11.5 Å². The van der Waals surface area contributed by atoms with E-state index in [1.807, 2.05) is 43.3 Å². The van der Waals surface area contributed by atoms with Crippen LogP contribution < -0.4 is 10.1 Å². The molecule has 0 fully saturated rings. The highest BCUT2D eigenvalue weighted by Crippen LogP contribution is 2.39. The minimum absolute atomic E-state index is 0.0887. The molecule has 1 aliphatic heterocycles. The lowest BCUT2D eigenvalue weighted by Crippen LogP contribution is -2.33. The topological polar surface area (TPSA) is 53.8 Å². The Labute approximate surface area is 197 Å². The Morgan fingerprint density at radius 3 is 2.61 bits per heavy atom. The number of nitrogens with one attached hydrogen (secondary N) is 1. The number of benzene rings is 3. The molecule has 0 saturated heterocycles. The zero-order valence-corrected chi connectivity index (χ0v) is 20.0. The van der Waals surface area contributed by atoms with Crippen LogP contribution in [0.3, 0.4) is 0 Å². The summed E-state index contributed by atoms with van der Waals surface area (Å²) >= 11 is 6.94. The number of rotatable bonds is 5. The molecule has 4 nitrogen and oxygen atoms in total. The third-order valence-corrected chi connectivity index (χ3v) is 6.14. The number of hydrogen-bond donors (Lipinski definition) is 2. The standard InChI is InChI=1S/C24H21Br2FN2O2/c1-2-31-22-8-4-7-17(23(22)30)21-13-20(14-5-3-6-15(25)11-14)28-24(29-21)18-12-16(26)9-10-19(18)27/h3-12,21,24,29-30H,2,13H2,1H3. The lowest BCUT2D eigenvalue weighted by molar-refractivity contribution is 0.313. The summed E-state index contributed by atoms with van der Waals surface area (Å²) in [5.74, 6) is 0.176. The first-order valence-corrected chi connectivity index (χ1v) is 11.5. The van der Waals surface area contributed by atoms with Gasteiger partial charge in [-0.3, -0.25) is 10.3 Å². The van der Waals surface area contributed by atoms with Gasteiger partial charge in [0.25, 0.3) is 0 Å².